The minimum absolute atomic E-state index is 0.0300. The molecule has 1 aromatic rings. The predicted octanol–water partition coefficient (Wildman–Crippen LogP) is -4.45. The van der Waals surface area contributed by atoms with Crippen LogP contribution in [0.1, 0.15) is 69.8 Å². The van der Waals surface area contributed by atoms with Crippen molar-refractivity contribution in [1.82, 2.24) is 51.9 Å². The molecule has 0 radical (unpaired) electrons. The fraction of sp³-hybridized carbons (Fsp3) is 0.596. The number of hydrogen-bond donors (Lipinski definition) is 15. The zero-order chi connectivity index (χ0) is 58.2. The quantitative estimate of drug-likeness (QED) is 0.0171. The van der Waals surface area contributed by atoms with Gasteiger partial charge in [-0.2, -0.15) is 0 Å². The van der Waals surface area contributed by atoms with E-state index in [2.05, 4.69) is 31.6 Å². The van der Waals surface area contributed by atoms with Gasteiger partial charge in [0.05, 0.1) is 19.6 Å². The Labute approximate surface area is 448 Å². The third kappa shape index (κ3) is 29.2. The van der Waals surface area contributed by atoms with Crippen LogP contribution in [-0.4, -0.2) is 231 Å². The molecule has 1 aliphatic heterocycles. The van der Waals surface area contributed by atoms with Crippen molar-refractivity contribution in [2.24, 2.45) is 16.5 Å². The van der Waals surface area contributed by atoms with Crippen LogP contribution < -0.4 is 48.7 Å². The molecule has 0 spiro atoms. The van der Waals surface area contributed by atoms with Crippen LogP contribution >= 0.6 is 0 Å². The van der Waals surface area contributed by atoms with E-state index in [0.717, 1.165) is 0 Å². The number of carboxylic acids is 6. The lowest BCUT2D eigenvalue weighted by Gasteiger charge is -2.25. The maximum Gasteiger partial charge on any atom is 0.326 e. The molecule has 5 atom stereocenters. The van der Waals surface area contributed by atoms with Crippen LogP contribution in [0.25, 0.3) is 0 Å². The Bertz CT molecular complexity index is 2210. The van der Waals surface area contributed by atoms with Gasteiger partial charge in [-0.25, -0.2) is 19.2 Å². The monoisotopic (exact) mass is 1110 g/mol. The van der Waals surface area contributed by atoms with Crippen LogP contribution in [-0.2, 0) is 59.2 Å². The Morgan fingerprint density at radius 2 is 0.949 bits per heavy atom. The molecule has 2 unspecified atom stereocenters. The summed E-state index contributed by atoms with van der Waals surface area (Å²) in [5, 5.41) is 73.1. The minimum Gasteiger partial charge on any atom is -0.481 e. The van der Waals surface area contributed by atoms with Gasteiger partial charge in [0.2, 0.25) is 29.5 Å². The third-order valence-electron chi connectivity index (χ3n) is 11.8. The van der Waals surface area contributed by atoms with E-state index in [1.807, 2.05) is 10.6 Å². The van der Waals surface area contributed by atoms with E-state index < -0.39 is 128 Å². The number of nitrogens with zero attached hydrogens (tertiary/aromatic N) is 4. The first kappa shape index (κ1) is 65.9. The van der Waals surface area contributed by atoms with Crippen molar-refractivity contribution < 1.29 is 88.2 Å². The molecule has 78 heavy (non-hydrogen) atoms. The van der Waals surface area contributed by atoms with Gasteiger partial charge < -0.3 is 79.3 Å². The number of urea groups is 1. The number of aliphatic carboxylic acids is 6. The lowest BCUT2D eigenvalue weighted by molar-refractivity contribution is -0.143. The van der Waals surface area contributed by atoms with Crippen molar-refractivity contribution in [3.8, 4) is 0 Å². The van der Waals surface area contributed by atoms with E-state index in [1.54, 1.807) is 45.0 Å². The number of nitrogens with one attached hydrogen (secondary N) is 7. The topological polar surface area (TPSA) is 485 Å². The number of unbranched alkanes of at least 4 members (excludes halogenated alkanes) is 1. The summed E-state index contributed by atoms with van der Waals surface area (Å²) >= 11 is 0. The molecule has 1 aromatic carbocycles. The first-order chi connectivity index (χ1) is 36.9. The van der Waals surface area contributed by atoms with Crippen LogP contribution in [0.15, 0.2) is 35.3 Å². The van der Waals surface area contributed by atoms with Gasteiger partial charge in [-0.05, 0) is 50.5 Å². The Morgan fingerprint density at radius 3 is 1.46 bits per heavy atom. The normalized spacial score (nSPS) is 15.1. The molecular weight excluding hydrogens is 1030 g/mol. The van der Waals surface area contributed by atoms with Crippen LogP contribution in [0.5, 0.6) is 0 Å². The highest BCUT2D eigenvalue weighted by Gasteiger charge is 2.31. The standard InChI is InChI=1S/C47H73N13O18/c48-46(49)52-17-6-10-30(41(70)55-31(43(72)73)9-4-5-16-50-37(63)26-58-19-21-59(27-39(66)67)23-24-60(22-20-58)28-40(68)69)54-42(71)34(25-29-7-2-1-3-8-29)53-36(62)15-18-51-35(61)13-11-32(44(74)75)56-47(78)57-33(45(76)77)12-14-38(64)65/h1-3,7-8,30-34H,4-6,9-28H2,(H,50,63)(H,51,61)(H,53,62)(H,54,71)(H,55,70)(H,64,65)(H,66,67)(H,68,69)(H,72,73)(H,74,75)(H,76,77)(H4,48,49,52)(H2,56,57,78)/t30-,31-,32?,33?,34-/m0/s1. The summed E-state index contributed by atoms with van der Waals surface area (Å²) in [7, 11) is 0. The Balaban J connectivity index is 2.05. The first-order valence-corrected chi connectivity index (χ1v) is 25.0. The van der Waals surface area contributed by atoms with Crippen LogP contribution in [0.4, 0.5) is 4.79 Å². The molecule has 0 aromatic heterocycles. The fourth-order valence-electron chi connectivity index (χ4n) is 7.72. The summed E-state index contributed by atoms with van der Waals surface area (Å²) in [6.45, 7) is 1.31. The van der Waals surface area contributed by atoms with Crippen molar-refractivity contribution in [3.63, 3.8) is 0 Å². The number of amides is 7. The lowest BCUT2D eigenvalue weighted by atomic mass is 10.0. The van der Waals surface area contributed by atoms with E-state index in [0.29, 0.717) is 51.3 Å². The number of carbonyl (C=O) groups is 12. The van der Waals surface area contributed by atoms with E-state index in [9.17, 15) is 83.1 Å². The summed E-state index contributed by atoms with van der Waals surface area (Å²) in [5.74, 6) is -11.7. The molecule has 31 heteroatoms. The smallest absolute Gasteiger partial charge is 0.326 e. The largest absolute Gasteiger partial charge is 0.481 e. The SMILES string of the molecule is NC(N)=NCCC[C@H](NC(=O)[C@H](Cc1ccccc1)NC(=O)CCNC(=O)CCC(NC(=O)NC(CCC(=O)O)C(=O)O)C(=O)O)C(=O)N[C@@H](CCCCNC(=O)CN1CCN(CC(=O)O)CCN(CC(=O)O)CC1)C(=O)O. The molecule has 0 bridgehead atoms. The third-order valence-corrected chi connectivity index (χ3v) is 11.8. The summed E-state index contributed by atoms with van der Waals surface area (Å²) in [4.78, 5) is 157. The summed E-state index contributed by atoms with van der Waals surface area (Å²) in [6.07, 6.45) is -2.03. The van der Waals surface area contributed by atoms with Crippen molar-refractivity contribution in [2.45, 2.75) is 101 Å². The second kappa shape index (κ2) is 36.0. The molecule has 0 aliphatic carbocycles. The molecule has 1 aliphatic rings. The number of rotatable bonds is 36. The average Bonchev–Trinajstić information content (AvgIpc) is 3.44. The Hall–Kier alpha value is -8.19. The number of carboxylic acid groups (broad SMARTS) is 6. The molecule has 1 fully saturated rings. The number of aliphatic imine (C=N–C) groups is 1. The van der Waals surface area contributed by atoms with Crippen molar-refractivity contribution >= 4 is 77.3 Å². The first-order valence-electron chi connectivity index (χ1n) is 25.0. The molecule has 17 N–H and O–H groups in total. The summed E-state index contributed by atoms with van der Waals surface area (Å²) in [6, 6.07) is -0.230. The highest BCUT2D eigenvalue weighted by Crippen LogP contribution is 2.09. The lowest BCUT2D eigenvalue weighted by Crippen LogP contribution is -2.56. The van der Waals surface area contributed by atoms with E-state index in [-0.39, 0.29) is 83.2 Å². The van der Waals surface area contributed by atoms with Crippen molar-refractivity contribution in [1.29, 1.82) is 0 Å². The van der Waals surface area contributed by atoms with Gasteiger partial charge in [0.15, 0.2) is 5.96 Å². The minimum atomic E-state index is -1.67. The highest BCUT2D eigenvalue weighted by atomic mass is 16.4. The molecule has 2 rings (SSSR count). The van der Waals surface area contributed by atoms with Crippen LogP contribution in [0.3, 0.4) is 0 Å². The zero-order valence-electron chi connectivity index (χ0n) is 43.1. The Morgan fingerprint density at radius 1 is 0.474 bits per heavy atom. The maximum absolute atomic E-state index is 14.0. The van der Waals surface area contributed by atoms with Crippen LogP contribution in [0.2, 0.25) is 0 Å². The van der Waals surface area contributed by atoms with Gasteiger partial charge in [-0.1, -0.05) is 30.3 Å². The van der Waals surface area contributed by atoms with E-state index in [1.165, 1.54) is 0 Å². The number of carbonyl (C=O) groups excluding carboxylic acids is 6. The van der Waals surface area contributed by atoms with E-state index in [4.69, 9.17) is 16.6 Å². The summed E-state index contributed by atoms with van der Waals surface area (Å²) < 4.78 is 0. The molecule has 31 nitrogen and oxygen atoms in total. The van der Waals surface area contributed by atoms with Gasteiger partial charge >= 0.3 is 41.8 Å². The molecule has 0 saturated carbocycles. The zero-order valence-corrected chi connectivity index (χ0v) is 43.1. The Kier molecular flexibility index (Phi) is 30.4. The number of guanidine groups is 1. The number of benzene rings is 1. The number of hydrogen-bond acceptors (Lipinski definition) is 16. The van der Waals surface area contributed by atoms with Gasteiger partial charge in [0.1, 0.15) is 30.2 Å². The highest BCUT2D eigenvalue weighted by molar-refractivity contribution is 5.94. The predicted molar refractivity (Wildman–Crippen MR) is 273 cm³/mol. The molecule has 1 saturated heterocycles. The van der Waals surface area contributed by atoms with Crippen LogP contribution in [0, 0.1) is 0 Å². The molecular formula is C47H73N13O18. The second-order valence-corrected chi connectivity index (χ2v) is 18.2. The van der Waals surface area contributed by atoms with Gasteiger partial charge in [0, 0.05) is 84.6 Å². The van der Waals surface area contributed by atoms with E-state index >= 15 is 0 Å². The summed E-state index contributed by atoms with van der Waals surface area (Å²) in [5.41, 5.74) is 11.5. The number of nitrogens with two attached hydrogens (primary N) is 2. The van der Waals surface area contributed by atoms with Gasteiger partial charge in [-0.15, -0.1) is 0 Å². The van der Waals surface area contributed by atoms with Gasteiger partial charge in [0.25, 0.3) is 0 Å². The second-order valence-electron chi connectivity index (χ2n) is 18.2. The maximum atomic E-state index is 14.0. The molecule has 434 valence electrons. The van der Waals surface area contributed by atoms with Crippen molar-refractivity contribution in [3.05, 3.63) is 35.9 Å². The van der Waals surface area contributed by atoms with Crippen molar-refractivity contribution in [2.75, 3.05) is 78.5 Å². The molecule has 1 heterocycles. The molecule has 7 amide bonds. The van der Waals surface area contributed by atoms with Gasteiger partial charge in [-0.3, -0.25) is 58.0 Å². The average molecular weight is 1110 g/mol. The fourth-order valence-corrected chi connectivity index (χ4v) is 7.72.